The maximum absolute atomic E-state index is 11.1. The summed E-state index contributed by atoms with van der Waals surface area (Å²) >= 11 is 0. The van der Waals surface area contributed by atoms with Gasteiger partial charge in [-0.2, -0.15) is 0 Å². The van der Waals surface area contributed by atoms with Crippen molar-refractivity contribution in [2.45, 2.75) is 25.8 Å². The van der Waals surface area contributed by atoms with Gasteiger partial charge < -0.3 is 10.0 Å². The first-order chi connectivity index (χ1) is 7.74. The highest BCUT2D eigenvalue weighted by molar-refractivity contribution is 5.72. The van der Waals surface area contributed by atoms with Crippen molar-refractivity contribution < 1.29 is 9.90 Å². The summed E-state index contributed by atoms with van der Waals surface area (Å²) < 4.78 is 0. The number of hydrogen-bond acceptors (Lipinski definition) is 3. The molecule has 1 aromatic heterocycles. The van der Waals surface area contributed by atoms with Crippen molar-refractivity contribution in [3.63, 3.8) is 0 Å². The molecule has 4 nitrogen and oxygen atoms in total. The van der Waals surface area contributed by atoms with Crippen LogP contribution in [-0.2, 0) is 4.79 Å². The van der Waals surface area contributed by atoms with Gasteiger partial charge in [0, 0.05) is 18.8 Å². The maximum Gasteiger partial charge on any atom is 0.308 e. The lowest BCUT2D eigenvalue weighted by Crippen LogP contribution is -2.35. The first-order valence-electron chi connectivity index (χ1n) is 5.64. The summed E-state index contributed by atoms with van der Waals surface area (Å²) in [5, 5.41) is 9.13. The number of carboxylic acid groups (broad SMARTS) is 1. The first-order valence-corrected chi connectivity index (χ1v) is 5.64. The third kappa shape index (κ3) is 1.87. The molecule has 0 aromatic carbocycles. The maximum atomic E-state index is 11.1. The van der Waals surface area contributed by atoms with Crippen molar-refractivity contribution in [3.8, 4) is 0 Å². The predicted octanol–water partition coefficient (Wildman–Crippen LogP) is 1.77. The number of aliphatic carboxylic acids is 1. The molecule has 2 atom stereocenters. The molecule has 16 heavy (non-hydrogen) atoms. The lowest BCUT2D eigenvalue weighted by Gasteiger charge is -2.26. The lowest BCUT2D eigenvalue weighted by atomic mass is 9.99. The first kappa shape index (κ1) is 10.9. The molecule has 1 fully saturated rings. The van der Waals surface area contributed by atoms with Crippen LogP contribution in [0, 0.1) is 5.92 Å². The molecule has 1 saturated heterocycles. The van der Waals surface area contributed by atoms with E-state index in [1.807, 2.05) is 25.1 Å². The Balaban J connectivity index is 2.21. The second kappa shape index (κ2) is 4.51. The third-order valence-corrected chi connectivity index (χ3v) is 3.22. The van der Waals surface area contributed by atoms with Gasteiger partial charge in [0.2, 0.25) is 0 Å². The highest BCUT2D eigenvalue weighted by Crippen LogP contribution is 2.30. The summed E-state index contributed by atoms with van der Waals surface area (Å²) in [6.45, 7) is 2.81. The van der Waals surface area contributed by atoms with Crippen molar-refractivity contribution in [2.75, 3.05) is 11.4 Å². The van der Waals surface area contributed by atoms with Crippen molar-refractivity contribution in [1.82, 2.24) is 4.98 Å². The number of anilines is 1. The number of rotatable bonds is 3. The van der Waals surface area contributed by atoms with E-state index in [4.69, 9.17) is 5.11 Å². The van der Waals surface area contributed by atoms with E-state index in [1.165, 1.54) is 0 Å². The van der Waals surface area contributed by atoms with Gasteiger partial charge in [-0.15, -0.1) is 0 Å². The molecule has 0 bridgehead atoms. The van der Waals surface area contributed by atoms with Gasteiger partial charge in [-0.3, -0.25) is 4.79 Å². The number of carboxylic acids is 1. The molecule has 0 aliphatic carbocycles. The normalized spacial score (nSPS) is 24.7. The number of carbonyl (C=O) groups is 1. The molecular weight excluding hydrogens is 204 g/mol. The van der Waals surface area contributed by atoms with E-state index in [0.717, 1.165) is 18.8 Å². The molecule has 0 radical (unpaired) electrons. The lowest BCUT2D eigenvalue weighted by molar-refractivity contribution is -0.141. The Bertz CT molecular complexity index is 367. The van der Waals surface area contributed by atoms with Crippen LogP contribution in [0.2, 0.25) is 0 Å². The molecule has 2 rings (SSSR count). The fraction of sp³-hybridized carbons (Fsp3) is 0.500. The van der Waals surface area contributed by atoms with Gasteiger partial charge in [0.25, 0.3) is 0 Å². The summed E-state index contributed by atoms with van der Waals surface area (Å²) in [5.41, 5.74) is 0. The molecule has 4 heteroatoms. The van der Waals surface area contributed by atoms with Gasteiger partial charge in [0.1, 0.15) is 5.82 Å². The van der Waals surface area contributed by atoms with E-state index in [-0.39, 0.29) is 12.0 Å². The Morgan fingerprint density at radius 2 is 2.44 bits per heavy atom. The quantitative estimate of drug-likeness (QED) is 0.843. The molecule has 0 spiro atoms. The molecule has 0 amide bonds. The number of nitrogens with zero attached hydrogens (tertiary/aromatic N) is 2. The smallest absolute Gasteiger partial charge is 0.308 e. The van der Waals surface area contributed by atoms with Gasteiger partial charge in [-0.25, -0.2) is 4.98 Å². The van der Waals surface area contributed by atoms with E-state index >= 15 is 0 Å². The largest absolute Gasteiger partial charge is 0.481 e. The summed E-state index contributed by atoms with van der Waals surface area (Å²) in [4.78, 5) is 17.5. The predicted molar refractivity (Wildman–Crippen MR) is 61.4 cm³/mol. The molecule has 1 aliphatic rings. The molecule has 86 valence electrons. The number of pyridine rings is 1. The van der Waals surface area contributed by atoms with Crippen LogP contribution in [-0.4, -0.2) is 28.6 Å². The van der Waals surface area contributed by atoms with Crippen molar-refractivity contribution in [2.24, 2.45) is 5.92 Å². The molecular formula is C12H16N2O2. The Morgan fingerprint density at radius 3 is 3.00 bits per heavy atom. The highest BCUT2D eigenvalue weighted by Gasteiger charge is 2.37. The van der Waals surface area contributed by atoms with Crippen LogP contribution < -0.4 is 4.90 Å². The fourth-order valence-electron chi connectivity index (χ4n) is 2.45. The summed E-state index contributed by atoms with van der Waals surface area (Å²) in [5.74, 6) is -0.0598. The number of hydrogen-bond donors (Lipinski definition) is 1. The zero-order valence-electron chi connectivity index (χ0n) is 9.34. The van der Waals surface area contributed by atoms with Crippen LogP contribution >= 0.6 is 0 Å². The minimum absolute atomic E-state index is 0.0763. The Kier molecular flexibility index (Phi) is 3.08. The van der Waals surface area contributed by atoms with Crippen molar-refractivity contribution >= 4 is 11.8 Å². The Hall–Kier alpha value is -1.58. The molecule has 0 saturated carbocycles. The van der Waals surface area contributed by atoms with Crippen molar-refractivity contribution in [3.05, 3.63) is 24.4 Å². The summed E-state index contributed by atoms with van der Waals surface area (Å²) in [6, 6.07) is 5.82. The zero-order valence-corrected chi connectivity index (χ0v) is 9.34. The Morgan fingerprint density at radius 1 is 1.62 bits per heavy atom. The summed E-state index contributed by atoms with van der Waals surface area (Å²) in [7, 11) is 0. The van der Waals surface area contributed by atoms with E-state index in [9.17, 15) is 4.79 Å². The average Bonchev–Trinajstić information content (AvgIpc) is 2.73. The van der Waals surface area contributed by atoms with Gasteiger partial charge >= 0.3 is 5.97 Å². The average molecular weight is 220 g/mol. The second-order valence-corrected chi connectivity index (χ2v) is 4.09. The molecule has 1 N–H and O–H groups in total. The van der Waals surface area contributed by atoms with Crippen LogP contribution in [0.15, 0.2) is 24.4 Å². The number of aromatic nitrogens is 1. The van der Waals surface area contributed by atoms with Crippen LogP contribution in [0.5, 0.6) is 0 Å². The monoisotopic (exact) mass is 220 g/mol. The van der Waals surface area contributed by atoms with Crippen molar-refractivity contribution in [1.29, 1.82) is 0 Å². The molecule has 2 heterocycles. The topological polar surface area (TPSA) is 53.4 Å². The molecule has 0 unspecified atom stereocenters. The van der Waals surface area contributed by atoms with E-state index in [2.05, 4.69) is 9.88 Å². The Labute approximate surface area is 94.9 Å². The van der Waals surface area contributed by atoms with Crippen LogP contribution in [0.25, 0.3) is 0 Å². The summed E-state index contributed by atoms with van der Waals surface area (Å²) in [6.07, 6.45) is 3.30. The van der Waals surface area contributed by atoms with Crippen LogP contribution in [0.1, 0.15) is 19.8 Å². The van der Waals surface area contributed by atoms with Gasteiger partial charge in [0.05, 0.1) is 5.92 Å². The molecule has 1 aliphatic heterocycles. The van der Waals surface area contributed by atoms with Crippen LogP contribution in [0.3, 0.4) is 0 Å². The van der Waals surface area contributed by atoms with Gasteiger partial charge in [0.15, 0.2) is 0 Å². The fourth-order valence-corrected chi connectivity index (χ4v) is 2.45. The minimum atomic E-state index is -0.690. The zero-order chi connectivity index (χ0) is 11.5. The van der Waals surface area contributed by atoms with E-state index in [1.54, 1.807) is 6.20 Å². The third-order valence-electron chi connectivity index (χ3n) is 3.22. The molecule has 1 aromatic rings. The van der Waals surface area contributed by atoms with Gasteiger partial charge in [-0.1, -0.05) is 13.0 Å². The highest BCUT2D eigenvalue weighted by atomic mass is 16.4. The minimum Gasteiger partial charge on any atom is -0.481 e. The van der Waals surface area contributed by atoms with Gasteiger partial charge in [-0.05, 0) is 25.0 Å². The van der Waals surface area contributed by atoms with Crippen LogP contribution in [0.4, 0.5) is 5.82 Å². The standard InChI is InChI=1S/C12H16N2O2/c1-2-10-9(12(15)16)6-8-14(10)11-5-3-4-7-13-11/h3-5,7,9-10H,2,6,8H2,1H3,(H,15,16)/t9-,10+/m0/s1. The second-order valence-electron chi connectivity index (χ2n) is 4.09. The van der Waals surface area contributed by atoms with E-state index < -0.39 is 5.97 Å². The SMILES string of the molecule is CC[C@@H]1[C@@H](C(=O)O)CCN1c1ccccn1. The van der Waals surface area contributed by atoms with E-state index in [0.29, 0.717) is 6.42 Å².